The van der Waals surface area contributed by atoms with Gasteiger partial charge in [-0.3, -0.25) is 28.8 Å². The van der Waals surface area contributed by atoms with Crippen LogP contribution < -0.4 is 37.2 Å². The summed E-state index contributed by atoms with van der Waals surface area (Å²) in [5.41, 5.74) is 8.67. The zero-order valence-electron chi connectivity index (χ0n) is 63.2. The van der Waals surface area contributed by atoms with Gasteiger partial charge in [0.1, 0.15) is 37.1 Å². The molecule has 0 saturated carbocycles. The maximum absolute atomic E-state index is 14.3. The fourth-order valence-corrected chi connectivity index (χ4v) is 15.4. The number of anilines is 1. The van der Waals surface area contributed by atoms with Crippen LogP contribution in [0.5, 0.6) is 0 Å². The molecule has 2 heterocycles. The summed E-state index contributed by atoms with van der Waals surface area (Å²) >= 11 is 2.66. The highest BCUT2D eigenvalue weighted by molar-refractivity contribution is 7.99. The average Bonchev–Trinajstić information content (AvgIpc) is 1.06. The van der Waals surface area contributed by atoms with Gasteiger partial charge in [0.05, 0.1) is 63.9 Å². The summed E-state index contributed by atoms with van der Waals surface area (Å²) < 4.78 is 40.3. The van der Waals surface area contributed by atoms with Crippen molar-refractivity contribution >= 4 is 82.7 Å². The number of esters is 2. The van der Waals surface area contributed by atoms with E-state index in [9.17, 15) is 73.8 Å². The van der Waals surface area contributed by atoms with E-state index in [0.717, 1.165) is 65.7 Å². The minimum Gasteiger partial charge on any atom is -0.465 e. The molecule has 7 aromatic carbocycles. The van der Waals surface area contributed by atoms with Crippen molar-refractivity contribution in [1.29, 1.82) is 0 Å². The number of carbonyl (C=O) groups excluding carboxylic acids is 9. The number of amides is 7. The highest BCUT2D eigenvalue weighted by Crippen LogP contribution is 2.45. The summed E-state index contributed by atoms with van der Waals surface area (Å²) in [6.45, 7) is 1.13. The quantitative estimate of drug-likeness (QED) is 0.0135. The molecule has 10 rings (SSSR count). The molecule has 1 aliphatic carbocycles. The molecule has 6 unspecified atom stereocenters. The van der Waals surface area contributed by atoms with Crippen LogP contribution in [0.2, 0.25) is 0 Å². The predicted molar refractivity (Wildman–Crippen MR) is 423 cm³/mol. The van der Waals surface area contributed by atoms with Gasteiger partial charge in [-0.1, -0.05) is 133 Å². The lowest BCUT2D eigenvalue weighted by molar-refractivity contribution is -0.311. The molecule has 0 bridgehead atoms. The second-order valence-electron chi connectivity index (χ2n) is 27.5. The molecule has 3 aliphatic rings. The van der Waals surface area contributed by atoms with Crippen molar-refractivity contribution in [3.63, 3.8) is 0 Å². The van der Waals surface area contributed by atoms with E-state index in [-0.39, 0.29) is 72.6 Å². The second-order valence-corrected chi connectivity index (χ2v) is 29.9. The molecular weight excluding hydrogens is 1510 g/mol. The first-order valence-corrected chi connectivity index (χ1v) is 39.5. The van der Waals surface area contributed by atoms with Gasteiger partial charge < -0.3 is 101 Å². The Morgan fingerprint density at radius 1 is 0.500 bits per heavy atom. The van der Waals surface area contributed by atoms with Crippen LogP contribution in [0.1, 0.15) is 87.6 Å². The number of hydrogen-bond donors (Lipinski definition) is 13. The van der Waals surface area contributed by atoms with E-state index < -0.39 is 158 Å². The third-order valence-electron chi connectivity index (χ3n) is 19.5. The van der Waals surface area contributed by atoms with Crippen molar-refractivity contribution < 1.29 is 107 Å². The van der Waals surface area contributed by atoms with Crippen molar-refractivity contribution in [3.8, 4) is 33.4 Å². The highest BCUT2D eigenvalue weighted by atomic mass is 32.2. The summed E-state index contributed by atoms with van der Waals surface area (Å²) in [7, 11) is 2.13. The van der Waals surface area contributed by atoms with E-state index >= 15 is 0 Å². The minimum atomic E-state index is -2.38. The van der Waals surface area contributed by atoms with Crippen LogP contribution in [0, 0.1) is 0 Å². The Morgan fingerprint density at radius 3 is 1.34 bits per heavy atom. The van der Waals surface area contributed by atoms with E-state index in [4.69, 9.17) is 33.2 Å². The number of aliphatic hydroxyl groups is 6. The molecule has 29 nitrogen and oxygen atoms in total. The predicted octanol–water partition coefficient (Wildman–Crippen LogP) is 5.23. The van der Waals surface area contributed by atoms with Crippen LogP contribution >= 0.6 is 23.5 Å². The van der Waals surface area contributed by atoms with Gasteiger partial charge in [0.2, 0.25) is 17.7 Å². The molecule has 2 fully saturated rings. The monoisotopic (exact) mass is 1610 g/mol. The van der Waals surface area contributed by atoms with Gasteiger partial charge in [-0.05, 0) is 117 Å². The molecule has 7 amide bonds. The first-order valence-electron chi connectivity index (χ1n) is 37.2. The van der Waals surface area contributed by atoms with Gasteiger partial charge in [-0.15, -0.1) is 0 Å². The number of nitrogens with one attached hydrogen (secondary N) is 7. The molecule has 0 radical (unpaired) electrons. The van der Waals surface area contributed by atoms with Crippen LogP contribution in [0.3, 0.4) is 0 Å². The van der Waals surface area contributed by atoms with E-state index in [1.165, 1.54) is 54.7 Å². The third kappa shape index (κ3) is 22.5. The van der Waals surface area contributed by atoms with Gasteiger partial charge in [-0.2, -0.15) is 23.5 Å². The van der Waals surface area contributed by atoms with Crippen LogP contribution in [0.15, 0.2) is 182 Å². The first-order chi connectivity index (χ1) is 54.9. The zero-order valence-corrected chi connectivity index (χ0v) is 64.8. The maximum Gasteiger partial charge on any atom is 0.407 e. The van der Waals surface area contributed by atoms with Crippen LogP contribution in [-0.2, 0) is 57.1 Å². The Bertz CT molecular complexity index is 4380. The van der Waals surface area contributed by atoms with E-state index in [1.807, 2.05) is 109 Å². The number of carbonyl (C=O) groups is 9. The summed E-state index contributed by atoms with van der Waals surface area (Å²) in [5, 5.41) is 87.2. The largest absolute Gasteiger partial charge is 0.465 e. The lowest BCUT2D eigenvalue weighted by atomic mass is 9.88. The Hall–Kier alpha value is -10.1. The maximum atomic E-state index is 14.3. The molecule has 13 atom stereocenters. The smallest absolute Gasteiger partial charge is 0.407 e. The molecule has 0 spiro atoms. The molecule has 114 heavy (non-hydrogen) atoms. The summed E-state index contributed by atoms with van der Waals surface area (Å²) in [4.78, 5) is 120. The number of ether oxygens (including phenoxy) is 7. The van der Waals surface area contributed by atoms with Crippen molar-refractivity contribution in [2.75, 3.05) is 82.0 Å². The van der Waals surface area contributed by atoms with Gasteiger partial charge in [0.15, 0.2) is 0 Å². The Labute approximate surface area is 667 Å². The van der Waals surface area contributed by atoms with E-state index in [2.05, 4.69) is 37.2 Å². The molecule has 2 saturated heterocycles. The number of fused-ring (bicyclic) bond motifs is 3. The molecule has 606 valence electrons. The minimum absolute atomic E-state index is 0.0253. The molecular formula is C83H95N7O22S2. The lowest BCUT2D eigenvalue weighted by Gasteiger charge is -2.47. The number of hydrogen-bond acceptors (Lipinski definition) is 24. The summed E-state index contributed by atoms with van der Waals surface area (Å²) in [5.74, 6) is -9.47. The van der Waals surface area contributed by atoms with Gasteiger partial charge in [-0.25, -0.2) is 14.4 Å². The summed E-state index contributed by atoms with van der Waals surface area (Å²) in [6, 6.07) is 50.2. The molecule has 31 heteroatoms. The molecule has 13 N–H and O–H groups in total. The van der Waals surface area contributed by atoms with Crippen LogP contribution in [-0.4, -0.2) is 239 Å². The van der Waals surface area contributed by atoms with Crippen LogP contribution in [0.4, 0.5) is 10.5 Å². The van der Waals surface area contributed by atoms with E-state index in [0.29, 0.717) is 17.9 Å². The third-order valence-corrected chi connectivity index (χ3v) is 21.7. The van der Waals surface area contributed by atoms with Gasteiger partial charge in [0, 0.05) is 86.1 Å². The number of rotatable bonds is 37. The Balaban J connectivity index is 0.702. The summed E-state index contributed by atoms with van der Waals surface area (Å²) in [6.07, 6.45) is -15.4. The number of alkyl carbamates (subject to hydrolysis) is 1. The van der Waals surface area contributed by atoms with E-state index in [1.54, 1.807) is 48.5 Å². The standard InChI is InChI=1S/C83H95N7O22S2/c1-49(91)87-69-65(93)43-82(79(103)106-3,111-73(69)71(97)67(95)45-85-76(100)55-29-25-53(26-30-55)51-17-7-5-8-18-51)109-38-15-40-113-42-37-84-75(99)57-33-35-58(36-34-57)89-78(102)64(90-81(105)108-47-63-61-23-13-11-21-59(61)60-22-12-14-24-62(60)63)48-114-41-16-39-110-83(80(104)107-4)44-66(94)70(88-50(2)92)74(112-83)72(98)68(96)46-86-77(101)56-31-27-54(28-32-56)52-19-9-6-10-20-52/h5-14,17-36,63-74,93-98H,15-16,37-48H2,1-4H3,(H,84,99)(H,85,100)(H,86,101)(H,87,91)(H,88,92)(H,89,102)(H,90,105)/t64?,65-,66-,67-,68?,69-,70?,71-,72-,73?,74?,82?,83-/m1/s1. The molecule has 7 aromatic rings. The number of aliphatic hydroxyl groups excluding tert-OH is 6. The number of thioether (sulfide) groups is 2. The van der Waals surface area contributed by atoms with Crippen molar-refractivity contribution in [1.82, 2.24) is 31.9 Å². The normalized spacial score (nSPS) is 21.0. The second kappa shape index (κ2) is 41.3. The fraction of sp³-hybridized carbons (Fsp3) is 0.386. The fourth-order valence-electron chi connectivity index (χ4n) is 13.7. The van der Waals surface area contributed by atoms with Crippen molar-refractivity contribution in [3.05, 3.63) is 210 Å². The molecule has 0 aromatic heterocycles. The van der Waals surface area contributed by atoms with Gasteiger partial charge in [0.25, 0.3) is 29.3 Å². The average molecular weight is 1610 g/mol. The topological polar surface area (TPSA) is 424 Å². The van der Waals surface area contributed by atoms with Crippen molar-refractivity contribution in [2.24, 2.45) is 0 Å². The first kappa shape index (κ1) is 86.3. The highest BCUT2D eigenvalue weighted by Gasteiger charge is 2.58. The Kier molecular flexibility index (Phi) is 31.2. The zero-order chi connectivity index (χ0) is 81.5. The van der Waals surface area contributed by atoms with Crippen molar-refractivity contribution in [2.45, 2.75) is 124 Å². The lowest BCUT2D eigenvalue weighted by Crippen LogP contribution is -2.68. The van der Waals surface area contributed by atoms with Crippen LogP contribution in [0.25, 0.3) is 33.4 Å². The van der Waals surface area contributed by atoms with Gasteiger partial charge >= 0.3 is 18.0 Å². The number of benzene rings is 7. The Morgan fingerprint density at radius 2 is 0.904 bits per heavy atom. The molecule has 2 aliphatic heterocycles. The SMILES string of the molecule is COC(=O)C1(OCCCSCCNC(=O)c2ccc(NC(=O)C(CSCCCO[C@]3(C(=O)OC)C[C@@H](O)C(NC(C)=O)C([C@H](O)C(O)CNC(=O)c4ccc(-c5ccccc5)cc4)O3)NC(=O)OCC3c4ccccc4-c4ccccc43)cc2)C[C@@H](O)[C@@H](NC(C)=O)C([C@H](O)[C@H](O)CNC(=O)c2ccc(-c3ccccc3)cc2)O1. The number of methoxy groups -OCH3 is 2.